The minimum atomic E-state index is -1.05. The van der Waals surface area contributed by atoms with Gasteiger partial charge in [-0.1, -0.05) is 23.7 Å². The first-order chi connectivity index (χ1) is 11.0. The molecule has 3 N–H and O–H groups in total. The Labute approximate surface area is 138 Å². The van der Waals surface area contributed by atoms with Gasteiger partial charge < -0.3 is 14.9 Å². The maximum Gasteiger partial charge on any atom is 0.337 e. The van der Waals surface area contributed by atoms with Crippen LogP contribution in [-0.2, 0) is 0 Å². The summed E-state index contributed by atoms with van der Waals surface area (Å²) in [7, 11) is 0. The molecular weight excluding hydrogens is 320 g/mol. The molecule has 0 saturated carbocycles. The summed E-state index contributed by atoms with van der Waals surface area (Å²) in [6.45, 7) is 2.17. The number of hydrogen-bond acceptors (Lipinski definition) is 5. The molecule has 0 heterocycles. The zero-order valence-corrected chi connectivity index (χ0v) is 13.0. The zero-order chi connectivity index (χ0) is 16.8. The van der Waals surface area contributed by atoms with E-state index >= 15 is 0 Å². The third kappa shape index (κ3) is 4.14. The Bertz CT molecular complexity index is 747. The number of para-hydroxylation sites is 1. The molecule has 2 rings (SSSR count). The van der Waals surface area contributed by atoms with Crippen LogP contribution in [0.5, 0.6) is 11.5 Å². The second-order valence-electron chi connectivity index (χ2n) is 4.50. The number of rotatable bonds is 6. The number of phenolic OH excluding ortho intramolecular Hbond substituents is 1. The molecule has 0 fully saturated rings. The molecule has 120 valence electrons. The lowest BCUT2D eigenvalue weighted by Crippen LogP contribution is -2.02. The second kappa shape index (κ2) is 7.51. The minimum Gasteiger partial charge on any atom is -0.503 e. The van der Waals surface area contributed by atoms with Crippen molar-refractivity contribution in [1.29, 1.82) is 0 Å². The number of hydrogen-bond donors (Lipinski definition) is 3. The topological polar surface area (TPSA) is 91.2 Å². The van der Waals surface area contributed by atoms with Gasteiger partial charge in [0.2, 0.25) is 0 Å². The minimum absolute atomic E-state index is 0.114. The van der Waals surface area contributed by atoms with E-state index in [-0.39, 0.29) is 22.1 Å². The number of hydrazone groups is 1. The Hall–Kier alpha value is -2.73. The number of aromatic hydroxyl groups is 1. The van der Waals surface area contributed by atoms with Crippen molar-refractivity contribution in [3.05, 3.63) is 52.5 Å². The molecule has 0 saturated heterocycles. The summed E-state index contributed by atoms with van der Waals surface area (Å²) in [6, 6.07) is 9.52. The van der Waals surface area contributed by atoms with Crippen molar-refractivity contribution in [2.24, 2.45) is 5.10 Å². The van der Waals surface area contributed by atoms with E-state index in [1.807, 2.05) is 0 Å². The summed E-state index contributed by atoms with van der Waals surface area (Å²) < 4.78 is 5.28. The Morgan fingerprint density at radius 3 is 2.83 bits per heavy atom. The van der Waals surface area contributed by atoms with Gasteiger partial charge in [0.25, 0.3) is 0 Å². The van der Waals surface area contributed by atoms with E-state index in [0.29, 0.717) is 17.9 Å². The molecule has 2 aromatic rings. The smallest absolute Gasteiger partial charge is 0.337 e. The lowest BCUT2D eigenvalue weighted by Gasteiger charge is -2.08. The standard InChI is InChI=1S/C16H15ClN2O4/c1-2-23-14-8-10(7-12(17)15(14)20)9-18-19-13-6-4-3-5-11(13)16(21)22/h3-9,19-20H,2H2,1H3,(H,21,22). The molecule has 0 bridgehead atoms. The van der Waals surface area contributed by atoms with Crippen molar-refractivity contribution in [3.8, 4) is 11.5 Å². The van der Waals surface area contributed by atoms with Crippen LogP contribution in [0.3, 0.4) is 0 Å². The first kappa shape index (κ1) is 16.6. The van der Waals surface area contributed by atoms with Gasteiger partial charge in [-0.25, -0.2) is 4.79 Å². The largest absolute Gasteiger partial charge is 0.503 e. The number of carboxylic acid groups (broad SMARTS) is 1. The van der Waals surface area contributed by atoms with Crippen LogP contribution in [0.4, 0.5) is 5.69 Å². The third-order valence-corrected chi connectivity index (χ3v) is 3.19. The van der Waals surface area contributed by atoms with Gasteiger partial charge in [-0.2, -0.15) is 5.10 Å². The first-order valence-electron chi connectivity index (χ1n) is 6.79. The number of aromatic carboxylic acids is 1. The molecule has 0 amide bonds. The highest BCUT2D eigenvalue weighted by Crippen LogP contribution is 2.34. The quantitative estimate of drug-likeness (QED) is 0.554. The molecule has 0 atom stereocenters. The molecule has 2 aromatic carbocycles. The molecule has 0 aliphatic heterocycles. The summed E-state index contributed by atoms with van der Waals surface area (Å²) in [5, 5.41) is 23.0. The third-order valence-electron chi connectivity index (χ3n) is 2.91. The Balaban J connectivity index is 2.20. The van der Waals surface area contributed by atoms with Crippen molar-refractivity contribution in [2.45, 2.75) is 6.92 Å². The van der Waals surface area contributed by atoms with Gasteiger partial charge in [-0.3, -0.25) is 5.43 Å². The van der Waals surface area contributed by atoms with Crippen LogP contribution in [-0.4, -0.2) is 29.0 Å². The van der Waals surface area contributed by atoms with Gasteiger partial charge in [0, 0.05) is 0 Å². The molecule has 0 aromatic heterocycles. The maximum atomic E-state index is 11.1. The molecule has 0 spiro atoms. The number of halogens is 1. The highest BCUT2D eigenvalue weighted by atomic mass is 35.5. The second-order valence-corrected chi connectivity index (χ2v) is 4.91. The molecular formula is C16H15ClN2O4. The molecule has 0 radical (unpaired) electrons. The van der Waals surface area contributed by atoms with Crippen molar-refractivity contribution >= 4 is 29.5 Å². The number of carbonyl (C=O) groups is 1. The fraction of sp³-hybridized carbons (Fsp3) is 0.125. The average Bonchev–Trinajstić information content (AvgIpc) is 2.52. The van der Waals surface area contributed by atoms with Crippen LogP contribution < -0.4 is 10.2 Å². The Kier molecular flexibility index (Phi) is 5.43. The normalized spacial score (nSPS) is 10.7. The van der Waals surface area contributed by atoms with Crippen molar-refractivity contribution in [1.82, 2.24) is 0 Å². The molecule has 0 aliphatic carbocycles. The molecule has 23 heavy (non-hydrogen) atoms. The molecule has 6 nitrogen and oxygen atoms in total. The number of phenols is 1. The van der Waals surface area contributed by atoms with E-state index in [9.17, 15) is 9.90 Å². The summed E-state index contributed by atoms with van der Waals surface area (Å²) in [5.74, 6) is -0.920. The number of anilines is 1. The fourth-order valence-electron chi connectivity index (χ4n) is 1.88. The lowest BCUT2D eigenvalue weighted by molar-refractivity contribution is 0.0698. The number of ether oxygens (including phenoxy) is 1. The predicted octanol–water partition coefficient (Wildman–Crippen LogP) is 3.59. The summed E-state index contributed by atoms with van der Waals surface area (Å²) in [6.07, 6.45) is 1.45. The summed E-state index contributed by atoms with van der Waals surface area (Å²) in [5.41, 5.74) is 3.75. The number of nitrogens with one attached hydrogen (secondary N) is 1. The fourth-order valence-corrected chi connectivity index (χ4v) is 2.10. The zero-order valence-electron chi connectivity index (χ0n) is 12.3. The SMILES string of the molecule is CCOc1cc(C=NNc2ccccc2C(=O)O)cc(Cl)c1O. The summed E-state index contributed by atoms with van der Waals surface area (Å²) in [4.78, 5) is 11.1. The van der Waals surface area contributed by atoms with Crippen molar-refractivity contribution < 1.29 is 19.7 Å². The van der Waals surface area contributed by atoms with Gasteiger partial charge in [-0.15, -0.1) is 0 Å². The van der Waals surface area contributed by atoms with Crippen LogP contribution in [0.1, 0.15) is 22.8 Å². The molecule has 7 heteroatoms. The van der Waals surface area contributed by atoms with Crippen molar-refractivity contribution in [3.63, 3.8) is 0 Å². The monoisotopic (exact) mass is 334 g/mol. The van der Waals surface area contributed by atoms with Crippen molar-refractivity contribution in [2.75, 3.05) is 12.0 Å². The summed E-state index contributed by atoms with van der Waals surface area (Å²) >= 11 is 5.93. The average molecular weight is 335 g/mol. The highest BCUT2D eigenvalue weighted by molar-refractivity contribution is 6.32. The van der Waals surface area contributed by atoms with Crippen LogP contribution >= 0.6 is 11.6 Å². The highest BCUT2D eigenvalue weighted by Gasteiger charge is 2.09. The van der Waals surface area contributed by atoms with E-state index in [1.165, 1.54) is 18.3 Å². The molecule has 0 aliphatic rings. The van der Waals surface area contributed by atoms with E-state index in [2.05, 4.69) is 10.5 Å². The van der Waals surface area contributed by atoms with Crippen LogP contribution in [0.2, 0.25) is 5.02 Å². The number of nitrogens with zero attached hydrogens (tertiary/aromatic N) is 1. The van der Waals surface area contributed by atoms with E-state index in [0.717, 1.165) is 0 Å². The first-order valence-corrected chi connectivity index (χ1v) is 7.17. The van der Waals surface area contributed by atoms with E-state index in [4.69, 9.17) is 21.4 Å². The van der Waals surface area contributed by atoms with Gasteiger partial charge >= 0.3 is 5.97 Å². The Morgan fingerprint density at radius 1 is 1.39 bits per heavy atom. The van der Waals surface area contributed by atoms with Crippen LogP contribution in [0.15, 0.2) is 41.5 Å². The van der Waals surface area contributed by atoms with Gasteiger partial charge in [0.05, 0.1) is 29.1 Å². The van der Waals surface area contributed by atoms with Gasteiger partial charge in [-0.05, 0) is 36.8 Å². The predicted molar refractivity (Wildman–Crippen MR) is 88.9 cm³/mol. The maximum absolute atomic E-state index is 11.1. The molecule has 0 unspecified atom stereocenters. The van der Waals surface area contributed by atoms with E-state index < -0.39 is 5.97 Å². The van der Waals surface area contributed by atoms with E-state index in [1.54, 1.807) is 31.2 Å². The lowest BCUT2D eigenvalue weighted by atomic mass is 10.2. The van der Waals surface area contributed by atoms with Crippen LogP contribution in [0, 0.1) is 0 Å². The Morgan fingerprint density at radius 2 is 2.13 bits per heavy atom. The van der Waals surface area contributed by atoms with Gasteiger partial charge in [0.15, 0.2) is 11.5 Å². The number of benzene rings is 2. The van der Waals surface area contributed by atoms with Gasteiger partial charge in [0.1, 0.15) is 0 Å². The van der Waals surface area contributed by atoms with Crippen LogP contribution in [0.25, 0.3) is 0 Å². The number of carboxylic acids is 1.